The quantitative estimate of drug-likeness (QED) is 0.493. The maximum absolute atomic E-state index is 13.4. The molecular formula is C16H11F2N3. The zero-order valence-electron chi connectivity index (χ0n) is 10.9. The molecular weight excluding hydrogens is 272 g/mol. The number of hydrogen-bond donors (Lipinski definition) is 3. The van der Waals surface area contributed by atoms with E-state index in [1.807, 2.05) is 6.07 Å². The van der Waals surface area contributed by atoms with Crippen molar-refractivity contribution in [3.63, 3.8) is 0 Å². The van der Waals surface area contributed by atoms with Crippen molar-refractivity contribution >= 4 is 22.3 Å². The largest absolute Gasteiger partial charge is 0.340 e. The maximum atomic E-state index is 13.4. The van der Waals surface area contributed by atoms with Gasteiger partial charge < -0.3 is 5.32 Å². The molecule has 0 atom stereocenters. The van der Waals surface area contributed by atoms with Gasteiger partial charge in [0.05, 0.1) is 5.69 Å². The molecule has 104 valence electrons. The van der Waals surface area contributed by atoms with Gasteiger partial charge in [-0.15, -0.1) is 0 Å². The molecule has 2 aromatic carbocycles. The SMILES string of the molecule is Fc1cccc(Nc2[nH][nH]c3c4cc(F)ccc4cc2-3)c1. The molecule has 5 heteroatoms. The molecule has 4 rings (SSSR count). The summed E-state index contributed by atoms with van der Waals surface area (Å²) in [6.07, 6.45) is 0. The Hall–Kier alpha value is -2.82. The van der Waals surface area contributed by atoms with Gasteiger partial charge in [0.1, 0.15) is 17.5 Å². The second kappa shape index (κ2) is 4.34. The first kappa shape index (κ1) is 12.0. The summed E-state index contributed by atoms with van der Waals surface area (Å²) in [7, 11) is 0. The lowest BCUT2D eigenvalue weighted by Crippen LogP contribution is -1.91. The highest BCUT2D eigenvalue weighted by atomic mass is 19.1. The van der Waals surface area contributed by atoms with Gasteiger partial charge in [0.2, 0.25) is 0 Å². The molecule has 0 unspecified atom stereocenters. The van der Waals surface area contributed by atoms with Gasteiger partial charge in [-0.1, -0.05) is 12.1 Å². The average Bonchev–Trinajstić information content (AvgIpc) is 2.99. The molecule has 3 nitrogen and oxygen atoms in total. The fourth-order valence-electron chi connectivity index (χ4n) is 2.58. The Morgan fingerprint density at radius 1 is 0.857 bits per heavy atom. The monoisotopic (exact) mass is 283 g/mol. The second-order valence-electron chi connectivity index (χ2n) is 4.92. The Bertz CT molecular complexity index is 907. The van der Waals surface area contributed by atoms with Gasteiger partial charge in [-0.25, -0.2) is 8.78 Å². The standard InChI is InChI=1S/C16H11F2N3/c17-10-2-1-3-12(7-10)19-16-14-6-9-4-5-11(18)8-13(9)15(14)20-21-16/h1-8,19-21H. The Morgan fingerprint density at radius 3 is 2.57 bits per heavy atom. The Balaban J connectivity index is 1.79. The van der Waals surface area contributed by atoms with Crippen LogP contribution in [0, 0.1) is 11.6 Å². The van der Waals surface area contributed by atoms with Gasteiger partial charge in [0.15, 0.2) is 0 Å². The minimum absolute atomic E-state index is 0.274. The van der Waals surface area contributed by atoms with Gasteiger partial charge in [-0.2, -0.15) is 0 Å². The van der Waals surface area contributed by atoms with Gasteiger partial charge in [0.25, 0.3) is 0 Å². The third-order valence-electron chi connectivity index (χ3n) is 3.53. The number of nitrogens with one attached hydrogen (secondary N) is 3. The van der Waals surface area contributed by atoms with Crippen molar-refractivity contribution < 1.29 is 8.78 Å². The summed E-state index contributed by atoms with van der Waals surface area (Å²) in [5, 5.41) is 10.9. The number of H-pyrrole nitrogens is 2. The third-order valence-corrected chi connectivity index (χ3v) is 3.53. The van der Waals surface area contributed by atoms with Crippen LogP contribution < -0.4 is 5.32 Å². The van der Waals surface area contributed by atoms with Gasteiger partial charge in [-0.3, -0.25) is 10.2 Å². The van der Waals surface area contributed by atoms with Crippen molar-refractivity contribution in [3.05, 3.63) is 60.2 Å². The summed E-state index contributed by atoms with van der Waals surface area (Å²) in [6, 6.07) is 12.8. The van der Waals surface area contributed by atoms with Gasteiger partial charge in [-0.05, 0) is 41.8 Å². The van der Waals surface area contributed by atoms with Crippen molar-refractivity contribution in [3.8, 4) is 11.3 Å². The number of halogens is 2. The minimum atomic E-state index is -0.304. The summed E-state index contributed by atoms with van der Waals surface area (Å²) >= 11 is 0. The van der Waals surface area contributed by atoms with E-state index < -0.39 is 0 Å². The highest BCUT2D eigenvalue weighted by molar-refractivity contribution is 6.04. The second-order valence-corrected chi connectivity index (χ2v) is 4.92. The normalized spacial score (nSPS) is 11.3. The number of aromatic amines is 2. The van der Waals surface area contributed by atoms with Crippen LogP contribution in [0.15, 0.2) is 48.5 Å². The van der Waals surface area contributed by atoms with E-state index in [1.165, 1.54) is 24.3 Å². The van der Waals surface area contributed by atoms with Crippen molar-refractivity contribution in [2.24, 2.45) is 0 Å². The summed E-state index contributed by atoms with van der Waals surface area (Å²) in [4.78, 5) is 0. The number of aromatic nitrogens is 2. The molecule has 0 spiro atoms. The van der Waals surface area contributed by atoms with E-state index in [9.17, 15) is 8.78 Å². The van der Waals surface area contributed by atoms with E-state index in [1.54, 1.807) is 18.2 Å². The molecule has 1 aliphatic heterocycles. The summed E-state index contributed by atoms with van der Waals surface area (Å²) in [6.45, 7) is 0. The van der Waals surface area contributed by atoms with Gasteiger partial charge >= 0.3 is 0 Å². The predicted molar refractivity (Wildman–Crippen MR) is 78.9 cm³/mol. The summed E-state index contributed by atoms with van der Waals surface area (Å²) in [5.41, 5.74) is 2.37. The van der Waals surface area contributed by atoms with Crippen molar-refractivity contribution in [2.75, 3.05) is 5.32 Å². The van der Waals surface area contributed by atoms with Crippen LogP contribution >= 0.6 is 0 Å². The van der Waals surface area contributed by atoms with E-state index in [0.717, 1.165) is 22.0 Å². The van der Waals surface area contributed by atoms with E-state index in [2.05, 4.69) is 15.5 Å². The molecule has 1 aliphatic carbocycles. The number of hydrogen-bond acceptors (Lipinski definition) is 1. The lowest BCUT2D eigenvalue weighted by Gasteiger charge is -2.04. The molecule has 0 saturated heterocycles. The molecule has 21 heavy (non-hydrogen) atoms. The molecule has 0 radical (unpaired) electrons. The molecule has 2 aromatic rings. The Morgan fingerprint density at radius 2 is 1.71 bits per heavy atom. The van der Waals surface area contributed by atoms with Crippen LogP contribution in [0.4, 0.5) is 20.3 Å². The lowest BCUT2D eigenvalue weighted by molar-refractivity contribution is 0.628. The molecule has 0 bridgehead atoms. The number of rotatable bonds is 2. The van der Waals surface area contributed by atoms with E-state index in [4.69, 9.17) is 0 Å². The third kappa shape index (κ3) is 1.94. The van der Waals surface area contributed by atoms with E-state index >= 15 is 0 Å². The predicted octanol–water partition coefficient (Wildman–Crippen LogP) is 4.62. The van der Waals surface area contributed by atoms with Crippen molar-refractivity contribution in [1.29, 1.82) is 0 Å². The number of benzene rings is 2. The van der Waals surface area contributed by atoms with E-state index in [0.29, 0.717) is 11.5 Å². The first-order valence-corrected chi connectivity index (χ1v) is 6.51. The molecule has 2 aliphatic rings. The zero-order valence-corrected chi connectivity index (χ0v) is 10.9. The van der Waals surface area contributed by atoms with Crippen molar-refractivity contribution in [2.45, 2.75) is 0 Å². The van der Waals surface area contributed by atoms with Crippen molar-refractivity contribution in [1.82, 2.24) is 10.2 Å². The summed E-state index contributed by atoms with van der Waals surface area (Å²) < 4.78 is 26.6. The van der Waals surface area contributed by atoms with Crippen LogP contribution in [0.25, 0.3) is 22.0 Å². The first-order chi connectivity index (χ1) is 10.2. The topological polar surface area (TPSA) is 43.6 Å². The Kier molecular flexibility index (Phi) is 2.47. The fourth-order valence-corrected chi connectivity index (χ4v) is 2.58. The number of anilines is 2. The van der Waals surface area contributed by atoms with Crippen LogP contribution in [-0.2, 0) is 0 Å². The maximum Gasteiger partial charge on any atom is 0.132 e. The van der Waals surface area contributed by atoms with Crippen LogP contribution in [0.5, 0.6) is 0 Å². The van der Waals surface area contributed by atoms with Crippen LogP contribution in [0.1, 0.15) is 0 Å². The molecule has 3 N–H and O–H groups in total. The molecule has 0 saturated carbocycles. The first-order valence-electron chi connectivity index (χ1n) is 6.51. The molecule has 0 aromatic heterocycles. The smallest absolute Gasteiger partial charge is 0.132 e. The van der Waals surface area contributed by atoms with Crippen LogP contribution in [0.3, 0.4) is 0 Å². The van der Waals surface area contributed by atoms with E-state index in [-0.39, 0.29) is 11.6 Å². The average molecular weight is 283 g/mol. The highest BCUT2D eigenvalue weighted by Gasteiger charge is 2.17. The van der Waals surface area contributed by atoms with Gasteiger partial charge in [0, 0.05) is 16.6 Å². The lowest BCUT2D eigenvalue weighted by atomic mass is 10.2. The van der Waals surface area contributed by atoms with Crippen LogP contribution in [-0.4, -0.2) is 10.2 Å². The highest BCUT2D eigenvalue weighted by Crippen LogP contribution is 2.38. The zero-order chi connectivity index (χ0) is 14.4. The molecule has 0 amide bonds. The number of fused-ring (bicyclic) bond motifs is 3. The molecule has 0 fully saturated rings. The molecule has 1 heterocycles. The minimum Gasteiger partial charge on any atom is -0.340 e. The van der Waals surface area contributed by atoms with Crippen LogP contribution in [0.2, 0.25) is 0 Å². The fraction of sp³-hybridized carbons (Fsp3) is 0. The Labute approximate surface area is 118 Å². The summed E-state index contributed by atoms with van der Waals surface area (Å²) in [5.74, 6) is 0.137.